The van der Waals surface area contributed by atoms with Crippen molar-refractivity contribution in [3.05, 3.63) is 59.7 Å². The van der Waals surface area contributed by atoms with Crippen molar-refractivity contribution in [1.29, 1.82) is 0 Å². The minimum Gasteiger partial charge on any atom is -0.493 e. The molecule has 0 aromatic heterocycles. The van der Waals surface area contributed by atoms with Crippen LogP contribution in [0.15, 0.2) is 48.5 Å². The molecule has 2 amide bonds. The molecule has 0 atom stereocenters. The molecule has 0 aliphatic rings. The van der Waals surface area contributed by atoms with Crippen LogP contribution in [0.4, 0.5) is 5.69 Å². The number of amides is 2. The van der Waals surface area contributed by atoms with Crippen LogP contribution in [0.3, 0.4) is 0 Å². The summed E-state index contributed by atoms with van der Waals surface area (Å²) >= 11 is 0. The average Bonchev–Trinajstić information content (AvgIpc) is 2.50. The highest BCUT2D eigenvalue weighted by Crippen LogP contribution is 2.16. The van der Waals surface area contributed by atoms with Crippen LogP contribution >= 0.6 is 0 Å². The summed E-state index contributed by atoms with van der Waals surface area (Å²) in [6.07, 6.45) is 0.242. The van der Waals surface area contributed by atoms with E-state index in [0.717, 1.165) is 11.3 Å². The van der Waals surface area contributed by atoms with Crippen molar-refractivity contribution >= 4 is 17.5 Å². The summed E-state index contributed by atoms with van der Waals surface area (Å²) in [5.41, 5.74) is 7.21. The highest BCUT2D eigenvalue weighted by atomic mass is 16.5. The number of nitrogens with two attached hydrogens (primary N) is 1. The molecule has 5 nitrogen and oxygen atoms in total. The molecule has 0 saturated heterocycles. The Bertz CT molecular complexity index is 666. The minimum atomic E-state index is -0.496. The lowest BCUT2D eigenvalue weighted by Crippen LogP contribution is -2.16. The Kier molecular flexibility index (Phi) is 5.14. The Balaban J connectivity index is 1.80. The van der Waals surface area contributed by atoms with Crippen LogP contribution < -0.4 is 15.8 Å². The largest absolute Gasteiger partial charge is 0.493 e. The van der Waals surface area contributed by atoms with Gasteiger partial charge in [0.1, 0.15) is 5.75 Å². The molecule has 0 fully saturated rings. The molecule has 5 heteroatoms. The maximum Gasteiger partial charge on any atom is 0.248 e. The van der Waals surface area contributed by atoms with E-state index < -0.39 is 5.91 Å². The Morgan fingerprint density at radius 3 is 2.41 bits per heavy atom. The molecule has 0 aliphatic heterocycles. The molecule has 0 spiro atoms. The first-order valence-electron chi connectivity index (χ1n) is 6.94. The SMILES string of the molecule is Cc1ccccc1OCCC(=O)Nc1ccc(C(N)=O)cc1. The van der Waals surface area contributed by atoms with Crippen LogP contribution in [0, 0.1) is 6.92 Å². The Morgan fingerprint density at radius 2 is 1.77 bits per heavy atom. The zero-order valence-electron chi connectivity index (χ0n) is 12.3. The number of primary amides is 1. The summed E-state index contributed by atoms with van der Waals surface area (Å²) in [6, 6.07) is 14.1. The van der Waals surface area contributed by atoms with Gasteiger partial charge in [-0.15, -0.1) is 0 Å². The zero-order chi connectivity index (χ0) is 15.9. The minimum absolute atomic E-state index is 0.152. The number of carbonyl (C=O) groups excluding carboxylic acids is 2. The third-order valence-corrected chi connectivity index (χ3v) is 3.13. The fourth-order valence-corrected chi connectivity index (χ4v) is 1.91. The fourth-order valence-electron chi connectivity index (χ4n) is 1.91. The summed E-state index contributed by atoms with van der Waals surface area (Å²) in [5.74, 6) is 0.131. The molecule has 2 aromatic carbocycles. The van der Waals surface area contributed by atoms with Crippen LogP contribution in [-0.4, -0.2) is 18.4 Å². The predicted octanol–water partition coefficient (Wildman–Crippen LogP) is 2.50. The molecule has 3 N–H and O–H groups in total. The number of carbonyl (C=O) groups is 2. The third-order valence-electron chi connectivity index (χ3n) is 3.13. The summed E-state index contributed by atoms with van der Waals surface area (Å²) < 4.78 is 5.57. The van der Waals surface area contributed by atoms with Crippen LogP contribution in [0.1, 0.15) is 22.3 Å². The van der Waals surface area contributed by atoms with E-state index in [9.17, 15) is 9.59 Å². The van der Waals surface area contributed by atoms with Gasteiger partial charge in [-0.3, -0.25) is 9.59 Å². The highest BCUT2D eigenvalue weighted by Gasteiger charge is 2.05. The molecule has 0 saturated carbocycles. The zero-order valence-corrected chi connectivity index (χ0v) is 12.3. The van der Waals surface area contributed by atoms with Gasteiger partial charge >= 0.3 is 0 Å². The quantitative estimate of drug-likeness (QED) is 0.859. The second-order valence-corrected chi connectivity index (χ2v) is 4.85. The van der Waals surface area contributed by atoms with Crippen molar-refractivity contribution in [2.75, 3.05) is 11.9 Å². The number of ether oxygens (including phenoxy) is 1. The van der Waals surface area contributed by atoms with Crippen molar-refractivity contribution in [3.63, 3.8) is 0 Å². The van der Waals surface area contributed by atoms with E-state index in [2.05, 4.69) is 5.32 Å². The molecule has 0 unspecified atom stereocenters. The summed E-state index contributed by atoms with van der Waals surface area (Å²) in [7, 11) is 0. The maximum atomic E-state index is 11.8. The lowest BCUT2D eigenvalue weighted by atomic mass is 10.2. The second-order valence-electron chi connectivity index (χ2n) is 4.85. The predicted molar refractivity (Wildman–Crippen MR) is 84.9 cm³/mol. The molecule has 114 valence electrons. The molecule has 0 radical (unpaired) electrons. The molecule has 2 rings (SSSR count). The van der Waals surface area contributed by atoms with E-state index in [1.165, 1.54) is 0 Å². The number of rotatable bonds is 6. The number of hydrogen-bond acceptors (Lipinski definition) is 3. The van der Waals surface area contributed by atoms with Crippen molar-refractivity contribution in [2.24, 2.45) is 5.73 Å². The van der Waals surface area contributed by atoms with E-state index >= 15 is 0 Å². The van der Waals surface area contributed by atoms with Crippen molar-refractivity contribution < 1.29 is 14.3 Å². The van der Waals surface area contributed by atoms with Gasteiger partial charge in [0.25, 0.3) is 0 Å². The number of anilines is 1. The summed E-state index contributed by atoms with van der Waals surface area (Å²) in [4.78, 5) is 22.8. The normalized spacial score (nSPS) is 10.0. The van der Waals surface area contributed by atoms with Gasteiger partial charge in [0.15, 0.2) is 0 Å². The third kappa shape index (κ3) is 4.34. The van der Waals surface area contributed by atoms with Crippen molar-refractivity contribution in [1.82, 2.24) is 0 Å². The van der Waals surface area contributed by atoms with E-state index in [4.69, 9.17) is 10.5 Å². The first-order chi connectivity index (χ1) is 10.6. The Morgan fingerprint density at radius 1 is 1.09 bits per heavy atom. The van der Waals surface area contributed by atoms with Crippen molar-refractivity contribution in [3.8, 4) is 5.75 Å². The van der Waals surface area contributed by atoms with Gasteiger partial charge in [-0.2, -0.15) is 0 Å². The maximum absolute atomic E-state index is 11.8. The van der Waals surface area contributed by atoms with Crippen LogP contribution in [0.25, 0.3) is 0 Å². The second kappa shape index (κ2) is 7.26. The van der Waals surface area contributed by atoms with Crippen LogP contribution in [0.2, 0.25) is 0 Å². The van der Waals surface area contributed by atoms with Gasteiger partial charge in [0.05, 0.1) is 13.0 Å². The molecule has 2 aromatic rings. The van der Waals surface area contributed by atoms with E-state index in [1.54, 1.807) is 24.3 Å². The molecular formula is C17H18N2O3. The van der Waals surface area contributed by atoms with Gasteiger partial charge in [-0.25, -0.2) is 0 Å². The molecule has 22 heavy (non-hydrogen) atoms. The summed E-state index contributed by atoms with van der Waals surface area (Å²) in [6.45, 7) is 2.26. The lowest BCUT2D eigenvalue weighted by Gasteiger charge is -2.09. The number of para-hydroxylation sites is 1. The number of hydrogen-bond donors (Lipinski definition) is 2. The lowest BCUT2D eigenvalue weighted by molar-refractivity contribution is -0.116. The number of aryl methyl sites for hydroxylation is 1. The monoisotopic (exact) mass is 298 g/mol. The number of benzene rings is 2. The van der Waals surface area contributed by atoms with E-state index in [1.807, 2.05) is 31.2 Å². The molecule has 0 aliphatic carbocycles. The smallest absolute Gasteiger partial charge is 0.248 e. The Hall–Kier alpha value is -2.82. The average molecular weight is 298 g/mol. The topological polar surface area (TPSA) is 81.4 Å². The first-order valence-corrected chi connectivity index (χ1v) is 6.94. The van der Waals surface area contributed by atoms with Gasteiger partial charge < -0.3 is 15.8 Å². The fraction of sp³-hybridized carbons (Fsp3) is 0.176. The first kappa shape index (κ1) is 15.6. The molecule has 0 bridgehead atoms. The molecular weight excluding hydrogens is 280 g/mol. The van der Waals surface area contributed by atoms with E-state index in [-0.39, 0.29) is 12.3 Å². The number of nitrogens with one attached hydrogen (secondary N) is 1. The highest BCUT2D eigenvalue weighted by molar-refractivity contribution is 5.94. The van der Waals surface area contributed by atoms with Gasteiger partial charge in [-0.05, 0) is 42.8 Å². The van der Waals surface area contributed by atoms with Crippen LogP contribution in [0.5, 0.6) is 5.75 Å². The van der Waals surface area contributed by atoms with Crippen LogP contribution in [-0.2, 0) is 4.79 Å². The Labute approximate surface area is 129 Å². The van der Waals surface area contributed by atoms with Gasteiger partial charge in [-0.1, -0.05) is 18.2 Å². The van der Waals surface area contributed by atoms with E-state index in [0.29, 0.717) is 17.9 Å². The van der Waals surface area contributed by atoms with Crippen molar-refractivity contribution in [2.45, 2.75) is 13.3 Å². The standard InChI is InChI=1S/C17H18N2O3/c1-12-4-2-3-5-15(12)22-11-10-16(20)19-14-8-6-13(7-9-14)17(18)21/h2-9H,10-11H2,1H3,(H2,18,21)(H,19,20). The van der Waals surface area contributed by atoms with Gasteiger partial charge in [0, 0.05) is 11.3 Å². The van der Waals surface area contributed by atoms with Gasteiger partial charge in [0.2, 0.25) is 11.8 Å². The summed E-state index contributed by atoms with van der Waals surface area (Å²) in [5, 5.41) is 2.74. The molecule has 0 heterocycles.